The Hall–Kier alpha value is -2.83. The third kappa shape index (κ3) is 4.67. The molecule has 144 valence electrons. The highest BCUT2D eigenvalue weighted by molar-refractivity contribution is 5.94. The number of amides is 2. The van der Waals surface area contributed by atoms with Crippen molar-refractivity contribution in [3.63, 3.8) is 0 Å². The molecule has 0 radical (unpaired) electrons. The second-order valence-electron chi connectivity index (χ2n) is 7.12. The van der Waals surface area contributed by atoms with Crippen LogP contribution >= 0.6 is 0 Å². The van der Waals surface area contributed by atoms with Gasteiger partial charge in [-0.15, -0.1) is 0 Å². The van der Waals surface area contributed by atoms with Crippen LogP contribution in [0, 0.1) is 0 Å². The fraction of sp³-hybridized carbons (Fsp3) is 0.450. The summed E-state index contributed by atoms with van der Waals surface area (Å²) in [5.41, 5.74) is 1.67. The first kappa shape index (κ1) is 18.9. The van der Waals surface area contributed by atoms with E-state index in [1.165, 1.54) is 0 Å². The molecule has 2 amide bonds. The topological polar surface area (TPSA) is 76.5 Å². The summed E-state index contributed by atoms with van der Waals surface area (Å²) in [5, 5.41) is 7.14. The molecule has 1 saturated heterocycles. The predicted octanol–water partition coefficient (Wildman–Crippen LogP) is 2.05. The Morgan fingerprint density at radius 1 is 1.33 bits per heavy atom. The average Bonchev–Trinajstić information content (AvgIpc) is 3.27. The molecule has 0 aliphatic carbocycles. The highest BCUT2D eigenvalue weighted by Gasteiger charge is 2.30. The van der Waals surface area contributed by atoms with Crippen molar-refractivity contribution in [3.8, 4) is 5.75 Å². The van der Waals surface area contributed by atoms with E-state index in [1.807, 2.05) is 43.0 Å². The number of nitrogens with zero attached hydrogens (tertiary/aromatic N) is 3. The standard InChI is InChI=1S/C20H26N4O3/c1-14(2)24-12-16(11-21-24)20(26)22-17-10-19(25)23(13-17)9-8-15-4-6-18(27-3)7-5-15/h4-7,11-12,14,17H,8-10,13H2,1-3H3,(H,22,26)/t17-/m0/s1. The first-order chi connectivity index (χ1) is 13.0. The summed E-state index contributed by atoms with van der Waals surface area (Å²) in [5.74, 6) is 0.711. The van der Waals surface area contributed by atoms with E-state index in [0.29, 0.717) is 25.1 Å². The van der Waals surface area contributed by atoms with Crippen molar-refractivity contribution in [2.75, 3.05) is 20.2 Å². The maximum atomic E-state index is 12.4. The van der Waals surface area contributed by atoms with Gasteiger partial charge in [0, 0.05) is 31.7 Å². The fourth-order valence-electron chi connectivity index (χ4n) is 3.15. The maximum Gasteiger partial charge on any atom is 0.254 e. The Morgan fingerprint density at radius 3 is 2.70 bits per heavy atom. The summed E-state index contributed by atoms with van der Waals surface area (Å²) < 4.78 is 6.90. The third-order valence-electron chi connectivity index (χ3n) is 4.77. The molecule has 0 saturated carbocycles. The highest BCUT2D eigenvalue weighted by atomic mass is 16.5. The minimum absolute atomic E-state index is 0.0756. The predicted molar refractivity (Wildman–Crippen MR) is 102 cm³/mol. The van der Waals surface area contributed by atoms with Gasteiger partial charge in [0.05, 0.1) is 24.9 Å². The van der Waals surface area contributed by atoms with E-state index < -0.39 is 0 Å². The van der Waals surface area contributed by atoms with Crippen LogP contribution in [0.15, 0.2) is 36.7 Å². The lowest BCUT2D eigenvalue weighted by Gasteiger charge is -2.17. The number of benzene rings is 1. The van der Waals surface area contributed by atoms with Crippen LogP contribution in [0.4, 0.5) is 0 Å². The molecule has 7 heteroatoms. The van der Waals surface area contributed by atoms with Gasteiger partial charge in [0.15, 0.2) is 0 Å². The first-order valence-corrected chi connectivity index (χ1v) is 9.22. The number of carbonyl (C=O) groups is 2. The number of hydrogen-bond donors (Lipinski definition) is 1. The molecule has 0 unspecified atom stereocenters. The van der Waals surface area contributed by atoms with Gasteiger partial charge in [0.1, 0.15) is 5.75 Å². The molecule has 1 atom stereocenters. The zero-order valence-electron chi connectivity index (χ0n) is 16.0. The van der Waals surface area contributed by atoms with Crippen LogP contribution in [0.1, 0.15) is 42.2 Å². The SMILES string of the molecule is COc1ccc(CCN2C[C@@H](NC(=O)c3cnn(C(C)C)c3)CC2=O)cc1. The smallest absolute Gasteiger partial charge is 0.254 e. The van der Waals surface area contributed by atoms with Crippen LogP contribution < -0.4 is 10.1 Å². The van der Waals surface area contributed by atoms with Crippen molar-refractivity contribution >= 4 is 11.8 Å². The van der Waals surface area contributed by atoms with E-state index >= 15 is 0 Å². The molecule has 2 heterocycles. The number of ether oxygens (including phenoxy) is 1. The fourth-order valence-corrected chi connectivity index (χ4v) is 3.15. The van der Waals surface area contributed by atoms with Gasteiger partial charge in [-0.25, -0.2) is 0 Å². The summed E-state index contributed by atoms with van der Waals surface area (Å²) in [7, 11) is 1.64. The van der Waals surface area contributed by atoms with E-state index in [-0.39, 0.29) is 23.9 Å². The molecule has 0 bridgehead atoms. The third-order valence-corrected chi connectivity index (χ3v) is 4.77. The van der Waals surface area contributed by atoms with Crippen molar-refractivity contribution in [2.45, 2.75) is 38.8 Å². The zero-order chi connectivity index (χ0) is 19.4. The number of hydrogen-bond acceptors (Lipinski definition) is 4. The Balaban J connectivity index is 1.51. The van der Waals surface area contributed by atoms with E-state index in [0.717, 1.165) is 17.7 Å². The summed E-state index contributed by atoms with van der Waals surface area (Å²) in [6.45, 7) is 5.19. The van der Waals surface area contributed by atoms with Crippen molar-refractivity contribution in [2.24, 2.45) is 0 Å². The molecule has 1 aliphatic rings. The van der Waals surface area contributed by atoms with Gasteiger partial charge in [-0.3, -0.25) is 14.3 Å². The maximum absolute atomic E-state index is 12.4. The number of nitrogens with one attached hydrogen (secondary N) is 1. The van der Waals surface area contributed by atoms with Crippen LogP contribution in [0.2, 0.25) is 0 Å². The minimum Gasteiger partial charge on any atom is -0.497 e. The Bertz CT molecular complexity index is 798. The molecular weight excluding hydrogens is 344 g/mol. The molecule has 0 spiro atoms. The van der Waals surface area contributed by atoms with Gasteiger partial charge in [0.2, 0.25) is 5.91 Å². The summed E-state index contributed by atoms with van der Waals surface area (Å²) in [4.78, 5) is 26.5. The number of rotatable bonds is 7. The van der Waals surface area contributed by atoms with Gasteiger partial charge in [0.25, 0.3) is 5.91 Å². The summed E-state index contributed by atoms with van der Waals surface area (Å²) in [6.07, 6.45) is 4.41. The van der Waals surface area contributed by atoms with Gasteiger partial charge in [-0.05, 0) is 38.0 Å². The molecule has 2 aromatic rings. The monoisotopic (exact) mass is 370 g/mol. The lowest BCUT2D eigenvalue weighted by atomic mass is 10.1. The highest BCUT2D eigenvalue weighted by Crippen LogP contribution is 2.15. The zero-order valence-corrected chi connectivity index (χ0v) is 16.0. The number of carbonyl (C=O) groups excluding carboxylic acids is 2. The summed E-state index contributed by atoms with van der Waals surface area (Å²) in [6, 6.07) is 7.88. The minimum atomic E-state index is -0.184. The second kappa shape index (κ2) is 8.24. The first-order valence-electron chi connectivity index (χ1n) is 9.22. The van der Waals surface area contributed by atoms with E-state index in [9.17, 15) is 9.59 Å². The molecule has 27 heavy (non-hydrogen) atoms. The van der Waals surface area contributed by atoms with Gasteiger partial charge < -0.3 is 15.0 Å². The average molecular weight is 370 g/mol. The molecule has 1 aliphatic heterocycles. The van der Waals surface area contributed by atoms with Crippen LogP contribution in [-0.4, -0.2) is 52.7 Å². The van der Waals surface area contributed by atoms with E-state index in [1.54, 1.807) is 24.2 Å². The quantitative estimate of drug-likeness (QED) is 0.809. The Morgan fingerprint density at radius 2 is 2.07 bits per heavy atom. The lowest BCUT2D eigenvalue weighted by molar-refractivity contribution is -0.127. The molecule has 1 N–H and O–H groups in total. The van der Waals surface area contributed by atoms with Crippen LogP contribution in [0.5, 0.6) is 5.75 Å². The number of likely N-dealkylation sites (tertiary alicyclic amines) is 1. The normalized spacial score (nSPS) is 16.8. The van der Waals surface area contributed by atoms with E-state index in [4.69, 9.17) is 4.74 Å². The Labute approximate surface area is 159 Å². The van der Waals surface area contributed by atoms with Gasteiger partial charge in [-0.1, -0.05) is 12.1 Å². The van der Waals surface area contributed by atoms with Gasteiger partial charge in [-0.2, -0.15) is 5.10 Å². The molecule has 1 fully saturated rings. The van der Waals surface area contributed by atoms with Crippen molar-refractivity contribution in [3.05, 3.63) is 47.8 Å². The van der Waals surface area contributed by atoms with Crippen molar-refractivity contribution in [1.29, 1.82) is 0 Å². The van der Waals surface area contributed by atoms with Crippen LogP contribution in [0.3, 0.4) is 0 Å². The largest absolute Gasteiger partial charge is 0.497 e. The second-order valence-corrected chi connectivity index (χ2v) is 7.12. The molecule has 7 nitrogen and oxygen atoms in total. The van der Waals surface area contributed by atoms with Crippen LogP contribution in [0.25, 0.3) is 0 Å². The molecule has 1 aromatic heterocycles. The molecule has 1 aromatic carbocycles. The molecular formula is C20H26N4O3. The molecule has 3 rings (SSSR count). The lowest BCUT2D eigenvalue weighted by Crippen LogP contribution is -2.37. The van der Waals surface area contributed by atoms with Crippen molar-refractivity contribution in [1.82, 2.24) is 20.0 Å². The van der Waals surface area contributed by atoms with Crippen molar-refractivity contribution < 1.29 is 14.3 Å². The van der Waals surface area contributed by atoms with E-state index in [2.05, 4.69) is 10.4 Å². The van der Waals surface area contributed by atoms with Crippen LogP contribution in [-0.2, 0) is 11.2 Å². The Kier molecular flexibility index (Phi) is 5.78. The summed E-state index contributed by atoms with van der Waals surface area (Å²) >= 11 is 0. The number of methoxy groups -OCH3 is 1. The van der Waals surface area contributed by atoms with Gasteiger partial charge >= 0.3 is 0 Å². The number of aromatic nitrogens is 2.